The minimum Gasteiger partial charge on any atom is -0.463 e. The molecule has 0 radical (unpaired) electrons. The summed E-state index contributed by atoms with van der Waals surface area (Å²) in [5.74, 6) is -1.71. The van der Waals surface area contributed by atoms with Gasteiger partial charge in [-0.1, -0.05) is 6.08 Å². The van der Waals surface area contributed by atoms with Gasteiger partial charge in [0.05, 0.1) is 12.5 Å². The van der Waals surface area contributed by atoms with Crippen LogP contribution in [0.25, 0.3) is 0 Å². The van der Waals surface area contributed by atoms with Gasteiger partial charge in [-0.25, -0.2) is 4.79 Å². The van der Waals surface area contributed by atoms with Crippen LogP contribution in [0.3, 0.4) is 0 Å². The molecule has 0 saturated heterocycles. The topological polar surface area (TPSA) is 61.8 Å². The molecule has 0 aromatic rings. The molecule has 100 valence electrons. The van der Waals surface area contributed by atoms with Crippen LogP contribution in [-0.2, 0) is 23.8 Å². The van der Waals surface area contributed by atoms with Gasteiger partial charge in [0.25, 0.3) is 0 Å². The van der Waals surface area contributed by atoms with Crippen molar-refractivity contribution in [2.24, 2.45) is 11.8 Å². The van der Waals surface area contributed by atoms with E-state index in [-0.39, 0.29) is 30.0 Å². The van der Waals surface area contributed by atoms with E-state index in [4.69, 9.17) is 14.2 Å². The number of fused-ring (bicyclic) bond motifs is 2. The molecule has 0 N–H and O–H groups in total. The third kappa shape index (κ3) is 1.78. The first-order valence-corrected chi connectivity index (χ1v) is 6.09. The fourth-order valence-corrected chi connectivity index (χ4v) is 3.03. The maximum atomic E-state index is 11.9. The van der Waals surface area contributed by atoms with Crippen LogP contribution in [0.5, 0.6) is 0 Å². The Labute approximate surface area is 106 Å². The van der Waals surface area contributed by atoms with Gasteiger partial charge in [0, 0.05) is 38.6 Å². The average Bonchev–Trinajstić information content (AvgIpc) is 2.51. The highest BCUT2D eigenvalue weighted by Crippen LogP contribution is 2.50. The molecule has 0 aromatic carbocycles. The summed E-state index contributed by atoms with van der Waals surface area (Å²) in [6, 6.07) is 0. The Morgan fingerprint density at radius 2 is 2.06 bits per heavy atom. The molecule has 2 aliphatic rings. The first-order chi connectivity index (χ1) is 8.58. The lowest BCUT2D eigenvalue weighted by atomic mass is 9.79. The lowest BCUT2D eigenvalue weighted by Gasteiger charge is -2.41. The zero-order valence-corrected chi connectivity index (χ0v) is 10.9. The SMILES string of the molecule is CCOC(=O)C1=C[C@@H]2CC(=O)C[C@H]1C2(OC)OC. The summed E-state index contributed by atoms with van der Waals surface area (Å²) in [7, 11) is 3.09. The van der Waals surface area contributed by atoms with Crippen LogP contribution in [0.4, 0.5) is 0 Å². The Morgan fingerprint density at radius 3 is 2.61 bits per heavy atom. The monoisotopic (exact) mass is 254 g/mol. The molecule has 2 rings (SSSR count). The first-order valence-electron chi connectivity index (χ1n) is 6.09. The molecule has 5 nitrogen and oxygen atoms in total. The number of carbonyl (C=O) groups is 2. The van der Waals surface area contributed by atoms with E-state index in [9.17, 15) is 9.59 Å². The predicted octanol–water partition coefficient (Wildman–Crippen LogP) is 1.07. The van der Waals surface area contributed by atoms with Crippen molar-refractivity contribution < 1.29 is 23.8 Å². The molecule has 0 heterocycles. The summed E-state index contributed by atoms with van der Waals surface area (Å²) >= 11 is 0. The second-order valence-electron chi connectivity index (χ2n) is 4.58. The minimum absolute atomic E-state index is 0.130. The van der Waals surface area contributed by atoms with Crippen molar-refractivity contribution in [3.05, 3.63) is 11.6 Å². The lowest BCUT2D eigenvalue weighted by Crippen LogP contribution is -2.50. The molecule has 5 heteroatoms. The second kappa shape index (κ2) is 4.82. The van der Waals surface area contributed by atoms with E-state index < -0.39 is 5.79 Å². The Bertz CT molecular complexity index is 394. The number of esters is 1. The molecule has 0 aromatic heterocycles. The Kier molecular flexibility index (Phi) is 3.54. The van der Waals surface area contributed by atoms with Gasteiger partial charge in [0.2, 0.25) is 0 Å². The van der Waals surface area contributed by atoms with Crippen molar-refractivity contribution in [1.29, 1.82) is 0 Å². The molecule has 0 unspecified atom stereocenters. The Hall–Kier alpha value is -1.20. The van der Waals surface area contributed by atoms with Crippen LogP contribution < -0.4 is 0 Å². The largest absolute Gasteiger partial charge is 0.463 e. The van der Waals surface area contributed by atoms with Crippen LogP contribution in [-0.4, -0.2) is 38.4 Å². The van der Waals surface area contributed by atoms with E-state index >= 15 is 0 Å². The first kappa shape index (κ1) is 13.2. The van der Waals surface area contributed by atoms with Gasteiger partial charge in [-0.15, -0.1) is 0 Å². The van der Waals surface area contributed by atoms with Gasteiger partial charge in [0.15, 0.2) is 5.79 Å². The molecule has 2 atom stereocenters. The standard InChI is InChI=1S/C13H18O5/c1-4-18-12(15)10-6-8-5-9(14)7-11(10)13(8,16-2)17-3/h6,8,11H,4-5,7H2,1-3H3/t8-,11+/m0/s1. The third-order valence-electron chi connectivity index (χ3n) is 3.79. The zero-order valence-electron chi connectivity index (χ0n) is 10.9. The van der Waals surface area contributed by atoms with Crippen LogP contribution in [0, 0.1) is 11.8 Å². The van der Waals surface area contributed by atoms with E-state index in [1.807, 2.05) is 0 Å². The summed E-state index contributed by atoms with van der Waals surface area (Å²) in [5, 5.41) is 0. The molecule has 2 aliphatic carbocycles. The molecular weight excluding hydrogens is 236 g/mol. The van der Waals surface area contributed by atoms with Crippen molar-refractivity contribution in [3.8, 4) is 0 Å². The quantitative estimate of drug-likeness (QED) is 0.555. The molecule has 2 bridgehead atoms. The van der Waals surface area contributed by atoms with Gasteiger partial charge in [-0.2, -0.15) is 0 Å². The van der Waals surface area contributed by atoms with Gasteiger partial charge >= 0.3 is 5.97 Å². The number of hydrogen-bond acceptors (Lipinski definition) is 5. The molecule has 1 fully saturated rings. The predicted molar refractivity (Wildman–Crippen MR) is 62.7 cm³/mol. The smallest absolute Gasteiger partial charge is 0.334 e. The maximum Gasteiger partial charge on any atom is 0.334 e. The second-order valence-corrected chi connectivity index (χ2v) is 4.58. The van der Waals surface area contributed by atoms with E-state index in [0.29, 0.717) is 18.6 Å². The summed E-state index contributed by atoms with van der Waals surface area (Å²) in [6.07, 6.45) is 2.39. The summed E-state index contributed by atoms with van der Waals surface area (Å²) in [4.78, 5) is 23.6. The number of carbonyl (C=O) groups excluding carboxylic acids is 2. The number of rotatable bonds is 4. The number of ketones is 1. The fraction of sp³-hybridized carbons (Fsp3) is 0.692. The number of Topliss-reactive ketones (excluding diaryl/α,β-unsaturated/α-hetero) is 1. The van der Waals surface area contributed by atoms with Gasteiger partial charge in [-0.3, -0.25) is 4.79 Å². The average molecular weight is 254 g/mol. The van der Waals surface area contributed by atoms with Crippen molar-refractivity contribution >= 4 is 11.8 Å². The highest BCUT2D eigenvalue weighted by atomic mass is 16.7. The third-order valence-corrected chi connectivity index (χ3v) is 3.79. The molecular formula is C13H18O5. The van der Waals surface area contributed by atoms with Gasteiger partial charge in [0.1, 0.15) is 5.78 Å². The van der Waals surface area contributed by atoms with Crippen molar-refractivity contribution in [1.82, 2.24) is 0 Å². The van der Waals surface area contributed by atoms with Crippen molar-refractivity contribution in [3.63, 3.8) is 0 Å². The minimum atomic E-state index is -0.893. The summed E-state index contributed by atoms with van der Waals surface area (Å²) in [6.45, 7) is 2.07. The zero-order chi connectivity index (χ0) is 13.3. The van der Waals surface area contributed by atoms with Crippen molar-refractivity contribution in [2.75, 3.05) is 20.8 Å². The normalized spacial score (nSPS) is 29.1. The summed E-state index contributed by atoms with van der Waals surface area (Å²) in [5.41, 5.74) is 0.511. The van der Waals surface area contributed by atoms with Crippen LogP contribution in [0.1, 0.15) is 19.8 Å². The molecule has 1 saturated carbocycles. The Balaban J connectivity index is 2.33. The van der Waals surface area contributed by atoms with E-state index in [1.165, 1.54) is 0 Å². The van der Waals surface area contributed by atoms with E-state index in [0.717, 1.165) is 0 Å². The van der Waals surface area contributed by atoms with Gasteiger partial charge < -0.3 is 14.2 Å². The van der Waals surface area contributed by atoms with Gasteiger partial charge in [-0.05, 0) is 6.92 Å². The highest BCUT2D eigenvalue weighted by molar-refractivity contribution is 5.93. The maximum absolute atomic E-state index is 11.9. The van der Waals surface area contributed by atoms with E-state index in [1.54, 1.807) is 27.2 Å². The summed E-state index contributed by atoms with van der Waals surface area (Å²) < 4.78 is 16.0. The van der Waals surface area contributed by atoms with E-state index in [2.05, 4.69) is 0 Å². The Morgan fingerprint density at radius 1 is 1.39 bits per heavy atom. The molecule has 0 aliphatic heterocycles. The van der Waals surface area contributed by atoms with Crippen molar-refractivity contribution in [2.45, 2.75) is 25.6 Å². The number of methoxy groups -OCH3 is 2. The molecule has 0 spiro atoms. The highest BCUT2D eigenvalue weighted by Gasteiger charge is 2.57. The van der Waals surface area contributed by atoms with Crippen LogP contribution in [0.15, 0.2) is 11.6 Å². The molecule has 18 heavy (non-hydrogen) atoms. The fourth-order valence-electron chi connectivity index (χ4n) is 3.03. The lowest BCUT2D eigenvalue weighted by molar-refractivity contribution is -0.255. The van der Waals surface area contributed by atoms with Crippen LogP contribution in [0.2, 0.25) is 0 Å². The molecule has 0 amide bonds. The number of hydrogen-bond donors (Lipinski definition) is 0. The number of ether oxygens (including phenoxy) is 3. The van der Waals surface area contributed by atoms with Crippen LogP contribution >= 0.6 is 0 Å².